The van der Waals surface area contributed by atoms with Crippen LogP contribution in [0, 0.1) is 0 Å². The van der Waals surface area contributed by atoms with Crippen LogP contribution in [0.2, 0.25) is 0 Å². The van der Waals surface area contributed by atoms with Crippen LogP contribution in [0.15, 0.2) is 192 Å². The zero-order chi connectivity index (χ0) is 45.5. The van der Waals surface area contributed by atoms with Gasteiger partial charge in [-0.1, -0.05) is 173 Å². The van der Waals surface area contributed by atoms with E-state index in [-0.39, 0.29) is 10.8 Å². The lowest BCUT2D eigenvalue weighted by molar-refractivity contribution is 0.332. The van der Waals surface area contributed by atoms with E-state index < -0.39 is 5.41 Å². The molecule has 1 N–H and O–H groups in total. The predicted octanol–water partition coefficient (Wildman–Crippen LogP) is 15.8. The normalized spacial score (nSPS) is 16.0. The number of para-hydroxylation sites is 3. The van der Waals surface area contributed by atoms with Crippen LogP contribution in [-0.2, 0) is 16.2 Å². The van der Waals surface area contributed by atoms with Crippen molar-refractivity contribution in [3.8, 4) is 11.1 Å². The molecule has 0 saturated heterocycles. The van der Waals surface area contributed by atoms with E-state index in [4.69, 9.17) is 4.42 Å². The fourth-order valence-electron chi connectivity index (χ4n) is 12.4. The topological polar surface area (TPSA) is 28.4 Å². The van der Waals surface area contributed by atoms with E-state index in [1.54, 1.807) is 0 Å². The number of benzene rings is 9. The van der Waals surface area contributed by atoms with Crippen LogP contribution < -0.4 is 21.1 Å². The molecule has 11 aromatic rings. The van der Waals surface area contributed by atoms with Crippen LogP contribution in [0.5, 0.6) is 0 Å². The number of hydrogen-bond donors (Lipinski definition) is 1. The molecular formula is C63H48BN2OS. The largest absolute Gasteiger partial charge is 0.455 e. The van der Waals surface area contributed by atoms with Gasteiger partial charge in [0, 0.05) is 64.8 Å². The van der Waals surface area contributed by atoms with Crippen LogP contribution in [0.25, 0.3) is 53.2 Å². The van der Waals surface area contributed by atoms with Crippen molar-refractivity contribution in [2.75, 3.05) is 10.2 Å². The molecule has 3 nitrogen and oxygen atoms in total. The Morgan fingerprint density at radius 1 is 0.529 bits per heavy atom. The minimum Gasteiger partial charge on any atom is -0.455 e. The Morgan fingerprint density at radius 3 is 2.00 bits per heavy atom. The van der Waals surface area contributed by atoms with Gasteiger partial charge in [-0.05, 0) is 111 Å². The lowest BCUT2D eigenvalue weighted by atomic mass is 9.54. The standard InChI is InChI=1S/C63H48BN2OS/c1-61(2)32-33-62(3,4)49-34-40(30-31-46(49)61)65-51-35-43-42-23-12-16-29-55(42)68-56(43)37-45(51)57-58-53(36-44-41-22-11-15-28-54(41)67-60(44)57)66-52-27-14-13-24-47(52)63(38-18-7-5-8-19-38,39-20-9-6-10-21-39)48-25-17-26-50(64-58)59(48)66/h5-31,34-37,65H,32-33H2,1-4H3. The maximum Gasteiger partial charge on any atom is 0.198 e. The second-order valence-electron chi connectivity index (χ2n) is 20.5. The van der Waals surface area contributed by atoms with Gasteiger partial charge in [-0.15, -0.1) is 11.3 Å². The first-order valence-corrected chi connectivity index (χ1v) is 24.9. The van der Waals surface area contributed by atoms with Crippen LogP contribution >= 0.6 is 11.3 Å². The highest BCUT2D eigenvalue weighted by molar-refractivity contribution is 7.25. The lowest BCUT2D eigenvalue weighted by Crippen LogP contribution is -2.47. The summed E-state index contributed by atoms with van der Waals surface area (Å²) in [7, 11) is 2.45. The lowest BCUT2D eigenvalue weighted by Gasteiger charge is -2.49. The summed E-state index contributed by atoms with van der Waals surface area (Å²) in [6.07, 6.45) is 2.34. The molecule has 0 amide bonds. The van der Waals surface area contributed by atoms with Gasteiger partial charge in [0.2, 0.25) is 0 Å². The van der Waals surface area contributed by atoms with Crippen molar-refractivity contribution in [2.24, 2.45) is 0 Å². The second-order valence-corrected chi connectivity index (χ2v) is 21.6. The minimum absolute atomic E-state index is 0.0718. The quantitative estimate of drug-likeness (QED) is 0.175. The molecule has 2 aliphatic heterocycles. The molecule has 0 unspecified atom stereocenters. The number of hydrogen-bond acceptors (Lipinski definition) is 4. The molecule has 9 aromatic carbocycles. The molecule has 14 rings (SSSR count). The Kier molecular flexibility index (Phi) is 8.39. The zero-order valence-electron chi connectivity index (χ0n) is 38.7. The molecule has 0 fully saturated rings. The van der Waals surface area contributed by atoms with Gasteiger partial charge < -0.3 is 14.6 Å². The van der Waals surface area contributed by atoms with Crippen molar-refractivity contribution < 1.29 is 4.42 Å². The van der Waals surface area contributed by atoms with Crippen LogP contribution in [-0.4, -0.2) is 7.28 Å². The van der Waals surface area contributed by atoms with Gasteiger partial charge in [-0.3, -0.25) is 0 Å². The van der Waals surface area contributed by atoms with Crippen molar-refractivity contribution in [1.29, 1.82) is 0 Å². The van der Waals surface area contributed by atoms with E-state index >= 15 is 0 Å². The summed E-state index contributed by atoms with van der Waals surface area (Å²) in [5.74, 6) is 0. The molecule has 68 heavy (non-hydrogen) atoms. The Labute approximate surface area is 401 Å². The van der Waals surface area contributed by atoms with E-state index in [9.17, 15) is 0 Å². The van der Waals surface area contributed by atoms with Gasteiger partial charge in [0.15, 0.2) is 7.28 Å². The molecule has 1 radical (unpaired) electrons. The summed E-state index contributed by atoms with van der Waals surface area (Å²) >= 11 is 1.86. The van der Waals surface area contributed by atoms with Crippen molar-refractivity contribution in [3.63, 3.8) is 0 Å². The highest BCUT2D eigenvalue weighted by Crippen LogP contribution is 2.59. The summed E-state index contributed by atoms with van der Waals surface area (Å²) in [5.41, 5.74) is 19.5. The first-order chi connectivity index (χ1) is 33.2. The summed E-state index contributed by atoms with van der Waals surface area (Å²) in [6, 6.07) is 70.0. The van der Waals surface area contributed by atoms with E-state index in [0.29, 0.717) is 0 Å². The number of rotatable bonds is 5. The maximum atomic E-state index is 7.15. The Balaban J connectivity index is 1.07. The summed E-state index contributed by atoms with van der Waals surface area (Å²) in [4.78, 5) is 2.57. The number of thiophene rings is 1. The molecule has 0 bridgehead atoms. The molecule has 0 saturated carbocycles. The molecule has 5 heteroatoms. The highest BCUT2D eigenvalue weighted by atomic mass is 32.1. The van der Waals surface area contributed by atoms with E-state index in [1.165, 1.54) is 76.8 Å². The van der Waals surface area contributed by atoms with Crippen molar-refractivity contribution in [2.45, 2.75) is 56.8 Å². The molecule has 2 aromatic heterocycles. The Hall–Kier alpha value is -7.34. The van der Waals surface area contributed by atoms with Crippen LogP contribution in [0.4, 0.5) is 28.4 Å². The third-order valence-electron chi connectivity index (χ3n) is 15.8. The molecule has 4 heterocycles. The van der Waals surface area contributed by atoms with Gasteiger partial charge in [0.05, 0.1) is 11.1 Å². The summed E-state index contributed by atoms with van der Waals surface area (Å²) in [6.45, 7) is 9.63. The first kappa shape index (κ1) is 39.8. The molecule has 0 spiro atoms. The van der Waals surface area contributed by atoms with Gasteiger partial charge >= 0.3 is 0 Å². The molecule has 3 aliphatic rings. The van der Waals surface area contributed by atoms with E-state index in [0.717, 1.165) is 62.0 Å². The summed E-state index contributed by atoms with van der Waals surface area (Å²) in [5, 5.41) is 8.84. The number of anilines is 5. The van der Waals surface area contributed by atoms with Crippen molar-refractivity contribution in [3.05, 3.63) is 221 Å². The third kappa shape index (κ3) is 5.54. The zero-order valence-corrected chi connectivity index (χ0v) is 39.5. The molecule has 0 atom stereocenters. The van der Waals surface area contributed by atoms with Gasteiger partial charge in [-0.2, -0.15) is 0 Å². The smallest absolute Gasteiger partial charge is 0.198 e. The highest BCUT2D eigenvalue weighted by Gasteiger charge is 2.49. The molecular weight excluding hydrogens is 844 g/mol. The monoisotopic (exact) mass is 891 g/mol. The van der Waals surface area contributed by atoms with Gasteiger partial charge in [0.25, 0.3) is 0 Å². The van der Waals surface area contributed by atoms with E-state index in [1.807, 2.05) is 11.3 Å². The molecule has 1 aliphatic carbocycles. The number of nitrogens with one attached hydrogen (secondary N) is 1. The average Bonchev–Trinajstić information content (AvgIpc) is 3.93. The van der Waals surface area contributed by atoms with Gasteiger partial charge in [-0.25, -0.2) is 0 Å². The fourth-order valence-corrected chi connectivity index (χ4v) is 13.5. The maximum absolute atomic E-state index is 7.15. The van der Waals surface area contributed by atoms with Crippen molar-refractivity contribution >= 4 is 100 Å². The minimum atomic E-state index is -0.566. The fraction of sp³-hybridized carbons (Fsp3) is 0.143. The first-order valence-electron chi connectivity index (χ1n) is 24.0. The Morgan fingerprint density at radius 2 is 1.21 bits per heavy atom. The van der Waals surface area contributed by atoms with Crippen LogP contribution in [0.1, 0.15) is 73.9 Å². The summed E-state index contributed by atoms with van der Waals surface area (Å²) < 4.78 is 9.69. The average molecular weight is 892 g/mol. The molecule has 325 valence electrons. The van der Waals surface area contributed by atoms with Crippen LogP contribution in [0.3, 0.4) is 0 Å². The van der Waals surface area contributed by atoms with E-state index in [2.05, 4.69) is 233 Å². The number of fused-ring (bicyclic) bond motifs is 11. The number of nitrogens with zero attached hydrogens (tertiary/aromatic N) is 1. The van der Waals surface area contributed by atoms with Crippen molar-refractivity contribution in [1.82, 2.24) is 0 Å². The Bertz CT molecular complexity index is 3840. The second kappa shape index (κ2) is 14.3. The number of furan rings is 1. The van der Waals surface area contributed by atoms with Gasteiger partial charge in [0.1, 0.15) is 11.2 Å². The predicted molar refractivity (Wildman–Crippen MR) is 289 cm³/mol. The SMILES string of the molecule is CC1(C)CCC(C)(C)c2cc(Nc3cc4c(cc3-c3c5c(cc6c3oc3ccccc36)N3c6ccccc6C(c6ccccc6)(c6ccccc6)c6cccc(c63)[B]5)sc3ccccc34)ccc21. The third-order valence-corrected chi connectivity index (χ3v) is 16.9.